The summed E-state index contributed by atoms with van der Waals surface area (Å²) in [6, 6.07) is 0. The molecule has 8 heavy (non-hydrogen) atoms. The summed E-state index contributed by atoms with van der Waals surface area (Å²) in [4.78, 5) is 15.3. The lowest BCUT2D eigenvalue weighted by molar-refractivity contribution is 1.15. The van der Waals surface area contributed by atoms with Crippen LogP contribution in [0.4, 0.5) is 0 Å². The van der Waals surface area contributed by atoms with E-state index < -0.39 is 0 Å². The largest absolute Gasteiger partial charge is 0.323 e. The number of rotatable bonds is 1. The fourth-order valence-electron chi connectivity index (χ4n) is 0.456. The molecule has 3 nitrogen and oxygen atoms in total. The molecule has 0 spiro atoms. The molecular formula is C4H6N2OS. The van der Waals surface area contributed by atoms with E-state index in [2.05, 4.69) is 22.6 Å². The highest BCUT2D eigenvalue weighted by Crippen LogP contribution is 1.90. The van der Waals surface area contributed by atoms with Crippen LogP contribution in [0.2, 0.25) is 0 Å². The maximum absolute atomic E-state index is 10.3. The number of imidazole rings is 1. The second-order valence-corrected chi connectivity index (χ2v) is 1.74. The van der Waals surface area contributed by atoms with Gasteiger partial charge in [0.05, 0.1) is 0 Å². The number of aromatic nitrogens is 2. The summed E-state index contributed by atoms with van der Waals surface area (Å²) < 4.78 is 0. The van der Waals surface area contributed by atoms with Crippen LogP contribution in [-0.4, -0.2) is 9.97 Å². The van der Waals surface area contributed by atoms with Gasteiger partial charge < -0.3 is 9.97 Å². The first kappa shape index (κ1) is 5.50. The molecule has 0 aliphatic rings. The van der Waals surface area contributed by atoms with Gasteiger partial charge in [-0.15, -0.1) is 0 Å². The first-order valence-corrected chi connectivity index (χ1v) is 2.83. The highest BCUT2D eigenvalue weighted by molar-refractivity contribution is 7.79. The summed E-state index contributed by atoms with van der Waals surface area (Å²) >= 11 is 3.93. The standard InChI is InChI=1S/C4H6N2OS/c7-4-5-1-3(2-8)6-4/h1,8H,2H2,(H2,5,6,7). The van der Waals surface area contributed by atoms with Gasteiger partial charge in [-0.2, -0.15) is 12.6 Å². The molecular weight excluding hydrogens is 124 g/mol. The van der Waals surface area contributed by atoms with E-state index in [-0.39, 0.29) is 5.69 Å². The van der Waals surface area contributed by atoms with E-state index in [9.17, 15) is 4.79 Å². The molecule has 0 aromatic carbocycles. The van der Waals surface area contributed by atoms with Crippen molar-refractivity contribution in [3.63, 3.8) is 0 Å². The fraction of sp³-hybridized carbons (Fsp3) is 0.250. The Morgan fingerprint density at radius 3 is 2.75 bits per heavy atom. The van der Waals surface area contributed by atoms with Crippen molar-refractivity contribution in [1.82, 2.24) is 9.97 Å². The normalized spacial score (nSPS) is 9.62. The molecule has 2 N–H and O–H groups in total. The molecule has 0 unspecified atom stereocenters. The molecule has 1 rings (SSSR count). The van der Waals surface area contributed by atoms with E-state index in [1.54, 1.807) is 6.20 Å². The Morgan fingerprint density at radius 2 is 2.50 bits per heavy atom. The molecule has 1 heterocycles. The lowest BCUT2D eigenvalue weighted by atomic mass is 10.6. The Bertz CT molecular complexity index is 214. The summed E-state index contributed by atoms with van der Waals surface area (Å²) in [5.74, 6) is 0.568. The SMILES string of the molecule is O=c1[nH]cc(CS)[nH]1. The van der Waals surface area contributed by atoms with Crippen LogP contribution in [0.5, 0.6) is 0 Å². The van der Waals surface area contributed by atoms with Crippen molar-refractivity contribution in [3.8, 4) is 0 Å². The molecule has 0 amide bonds. The van der Waals surface area contributed by atoms with E-state index in [0.29, 0.717) is 5.75 Å². The second-order valence-electron chi connectivity index (χ2n) is 1.43. The van der Waals surface area contributed by atoms with Crippen LogP contribution in [0.25, 0.3) is 0 Å². The van der Waals surface area contributed by atoms with Crippen LogP contribution >= 0.6 is 12.6 Å². The molecule has 0 bridgehead atoms. The number of thiol groups is 1. The fourth-order valence-corrected chi connectivity index (χ4v) is 0.626. The number of hydrogen-bond donors (Lipinski definition) is 3. The van der Waals surface area contributed by atoms with Gasteiger partial charge in [-0.25, -0.2) is 4.79 Å². The molecule has 0 saturated carbocycles. The average molecular weight is 130 g/mol. The van der Waals surface area contributed by atoms with Crippen LogP contribution in [0.15, 0.2) is 11.0 Å². The van der Waals surface area contributed by atoms with Gasteiger partial charge in [0.2, 0.25) is 0 Å². The smallest absolute Gasteiger partial charge is 0.313 e. The summed E-state index contributed by atoms with van der Waals surface area (Å²) in [7, 11) is 0. The molecule has 0 aliphatic carbocycles. The zero-order chi connectivity index (χ0) is 5.98. The van der Waals surface area contributed by atoms with Crippen molar-refractivity contribution in [1.29, 1.82) is 0 Å². The predicted octanol–water partition coefficient (Wildman–Crippen LogP) is 0.133. The van der Waals surface area contributed by atoms with Crippen LogP contribution < -0.4 is 5.69 Å². The second kappa shape index (κ2) is 2.09. The van der Waals surface area contributed by atoms with Crippen molar-refractivity contribution >= 4 is 12.6 Å². The first-order valence-electron chi connectivity index (χ1n) is 2.20. The van der Waals surface area contributed by atoms with Gasteiger partial charge in [0, 0.05) is 17.6 Å². The summed E-state index contributed by atoms with van der Waals surface area (Å²) in [5.41, 5.74) is 0.646. The number of aromatic amines is 2. The van der Waals surface area contributed by atoms with Gasteiger partial charge in [-0.3, -0.25) is 0 Å². The van der Waals surface area contributed by atoms with E-state index in [1.807, 2.05) is 0 Å². The van der Waals surface area contributed by atoms with Crippen LogP contribution in [0.3, 0.4) is 0 Å². The van der Waals surface area contributed by atoms with Gasteiger partial charge in [0.15, 0.2) is 0 Å². The van der Waals surface area contributed by atoms with Crippen molar-refractivity contribution in [2.75, 3.05) is 0 Å². The lowest BCUT2D eigenvalue weighted by Crippen LogP contribution is -2.00. The minimum absolute atomic E-state index is 0.172. The summed E-state index contributed by atoms with van der Waals surface area (Å²) in [6.45, 7) is 0. The Morgan fingerprint density at radius 1 is 1.75 bits per heavy atom. The highest BCUT2D eigenvalue weighted by atomic mass is 32.1. The third-order valence-corrected chi connectivity index (χ3v) is 1.16. The molecule has 0 saturated heterocycles. The lowest BCUT2D eigenvalue weighted by Gasteiger charge is -1.78. The van der Waals surface area contributed by atoms with Crippen molar-refractivity contribution in [2.45, 2.75) is 5.75 Å². The van der Waals surface area contributed by atoms with Gasteiger partial charge >= 0.3 is 5.69 Å². The van der Waals surface area contributed by atoms with Gasteiger partial charge in [0.25, 0.3) is 0 Å². The van der Waals surface area contributed by atoms with Gasteiger partial charge in [0.1, 0.15) is 0 Å². The average Bonchev–Trinajstić information content (AvgIpc) is 2.14. The third kappa shape index (κ3) is 0.949. The van der Waals surface area contributed by atoms with E-state index in [4.69, 9.17) is 0 Å². The number of H-pyrrole nitrogens is 2. The molecule has 0 fully saturated rings. The van der Waals surface area contributed by atoms with Gasteiger partial charge in [-0.1, -0.05) is 0 Å². The van der Waals surface area contributed by atoms with Gasteiger partial charge in [-0.05, 0) is 0 Å². The minimum Gasteiger partial charge on any atom is -0.313 e. The topological polar surface area (TPSA) is 48.6 Å². The third-order valence-electron chi connectivity index (χ3n) is 0.822. The molecule has 0 radical (unpaired) electrons. The van der Waals surface area contributed by atoms with Crippen molar-refractivity contribution in [3.05, 3.63) is 22.4 Å². The molecule has 44 valence electrons. The molecule has 1 aromatic heterocycles. The predicted molar refractivity (Wildman–Crippen MR) is 34.1 cm³/mol. The summed E-state index contributed by atoms with van der Waals surface area (Å²) in [6.07, 6.45) is 1.61. The highest BCUT2D eigenvalue weighted by Gasteiger charge is 1.87. The number of hydrogen-bond acceptors (Lipinski definition) is 2. The van der Waals surface area contributed by atoms with E-state index in [1.165, 1.54) is 0 Å². The molecule has 4 heteroatoms. The van der Waals surface area contributed by atoms with E-state index >= 15 is 0 Å². The molecule has 1 aromatic rings. The monoisotopic (exact) mass is 130 g/mol. The Kier molecular flexibility index (Phi) is 1.43. The van der Waals surface area contributed by atoms with Crippen LogP contribution in [0.1, 0.15) is 5.69 Å². The Hall–Kier alpha value is -0.640. The quantitative estimate of drug-likeness (QED) is 0.465. The van der Waals surface area contributed by atoms with E-state index in [0.717, 1.165) is 5.69 Å². The first-order chi connectivity index (χ1) is 3.83. The molecule has 0 aliphatic heterocycles. The van der Waals surface area contributed by atoms with Crippen LogP contribution in [-0.2, 0) is 5.75 Å². The zero-order valence-electron chi connectivity index (χ0n) is 4.14. The maximum Gasteiger partial charge on any atom is 0.323 e. The van der Waals surface area contributed by atoms with Crippen molar-refractivity contribution < 1.29 is 0 Å². The molecule has 0 atom stereocenters. The maximum atomic E-state index is 10.3. The number of nitrogens with one attached hydrogen (secondary N) is 2. The van der Waals surface area contributed by atoms with Crippen LogP contribution in [0, 0.1) is 0 Å². The zero-order valence-corrected chi connectivity index (χ0v) is 5.03. The Labute approximate surface area is 51.5 Å². The minimum atomic E-state index is -0.172. The Balaban J connectivity index is 3.01. The summed E-state index contributed by atoms with van der Waals surface area (Å²) in [5, 5.41) is 0. The van der Waals surface area contributed by atoms with Crippen molar-refractivity contribution in [2.24, 2.45) is 0 Å².